The van der Waals surface area contributed by atoms with E-state index in [4.69, 9.17) is 4.74 Å². The van der Waals surface area contributed by atoms with E-state index in [1.54, 1.807) is 19.1 Å². The van der Waals surface area contributed by atoms with Gasteiger partial charge in [0.15, 0.2) is 6.10 Å². The lowest BCUT2D eigenvalue weighted by Crippen LogP contribution is -2.37. The van der Waals surface area contributed by atoms with Crippen LogP contribution in [0.25, 0.3) is 0 Å². The lowest BCUT2D eigenvalue weighted by molar-refractivity contribution is -0.122. The monoisotopic (exact) mass is 394 g/mol. The maximum absolute atomic E-state index is 12.8. The molecule has 2 amide bonds. The van der Waals surface area contributed by atoms with Crippen LogP contribution < -0.4 is 15.4 Å². The van der Waals surface area contributed by atoms with Gasteiger partial charge in [-0.2, -0.15) is 0 Å². The summed E-state index contributed by atoms with van der Waals surface area (Å²) in [5.41, 5.74) is 3.10. The number of amides is 2. The van der Waals surface area contributed by atoms with Crippen LogP contribution in [0.4, 0.5) is 5.69 Å². The van der Waals surface area contributed by atoms with Crippen LogP contribution >= 0.6 is 0 Å². The first-order valence-corrected chi connectivity index (χ1v) is 10.4. The van der Waals surface area contributed by atoms with Gasteiger partial charge in [0, 0.05) is 6.04 Å². The summed E-state index contributed by atoms with van der Waals surface area (Å²) in [6.45, 7) is 5.69. The molecular weight excluding hydrogens is 364 g/mol. The van der Waals surface area contributed by atoms with Gasteiger partial charge in [-0.25, -0.2) is 0 Å². The van der Waals surface area contributed by atoms with E-state index >= 15 is 0 Å². The molecular formula is C24H30N2O3. The number of para-hydroxylation sites is 1. The van der Waals surface area contributed by atoms with Crippen LogP contribution in [0.1, 0.15) is 60.5 Å². The summed E-state index contributed by atoms with van der Waals surface area (Å²) in [6, 6.07) is 13.1. The fraction of sp³-hybridized carbons (Fsp3) is 0.417. The minimum atomic E-state index is -0.690. The lowest BCUT2D eigenvalue weighted by Gasteiger charge is -2.23. The third kappa shape index (κ3) is 5.37. The summed E-state index contributed by atoms with van der Waals surface area (Å²) in [6.07, 6.45) is 4.87. The van der Waals surface area contributed by atoms with Crippen LogP contribution in [0.3, 0.4) is 0 Å². The van der Waals surface area contributed by atoms with Crippen LogP contribution in [-0.2, 0) is 4.79 Å². The number of anilines is 1. The molecule has 0 spiro atoms. The zero-order valence-electron chi connectivity index (χ0n) is 17.5. The van der Waals surface area contributed by atoms with Gasteiger partial charge in [0.1, 0.15) is 5.75 Å². The summed E-state index contributed by atoms with van der Waals surface area (Å²) in [4.78, 5) is 25.5. The molecule has 1 aliphatic carbocycles. The van der Waals surface area contributed by atoms with Gasteiger partial charge in [-0.05, 0) is 62.9 Å². The molecule has 0 aromatic heterocycles. The Morgan fingerprint density at radius 3 is 2.48 bits per heavy atom. The van der Waals surface area contributed by atoms with Crippen molar-refractivity contribution in [2.24, 2.45) is 0 Å². The Bertz CT molecular complexity index is 872. The SMILES string of the molecule is Cc1cccc(OC(C)C(=O)Nc2ccccc2C(=O)NC2CCCCC2)c1C. The van der Waals surface area contributed by atoms with Crippen LogP contribution in [0, 0.1) is 13.8 Å². The molecule has 0 saturated heterocycles. The molecule has 5 heteroatoms. The molecule has 2 N–H and O–H groups in total. The molecule has 0 bridgehead atoms. The quantitative estimate of drug-likeness (QED) is 0.741. The van der Waals surface area contributed by atoms with Gasteiger partial charge < -0.3 is 15.4 Å². The summed E-state index contributed by atoms with van der Waals surface area (Å²) >= 11 is 0. The Morgan fingerprint density at radius 1 is 1.00 bits per heavy atom. The maximum atomic E-state index is 12.8. The maximum Gasteiger partial charge on any atom is 0.265 e. The van der Waals surface area contributed by atoms with Crippen molar-refractivity contribution in [3.8, 4) is 5.75 Å². The van der Waals surface area contributed by atoms with E-state index in [1.807, 2.05) is 44.2 Å². The smallest absolute Gasteiger partial charge is 0.265 e. The largest absolute Gasteiger partial charge is 0.481 e. The number of benzene rings is 2. The number of hydrogen-bond donors (Lipinski definition) is 2. The lowest BCUT2D eigenvalue weighted by atomic mass is 9.95. The molecule has 3 rings (SSSR count). The number of aryl methyl sites for hydroxylation is 1. The number of nitrogens with one attached hydrogen (secondary N) is 2. The molecule has 154 valence electrons. The molecule has 1 fully saturated rings. The van der Waals surface area contributed by atoms with Crippen molar-refractivity contribution in [3.05, 3.63) is 59.2 Å². The molecule has 1 aliphatic rings. The van der Waals surface area contributed by atoms with Crippen molar-refractivity contribution in [2.75, 3.05) is 5.32 Å². The number of hydrogen-bond acceptors (Lipinski definition) is 3. The normalized spacial score (nSPS) is 15.4. The summed E-state index contributed by atoms with van der Waals surface area (Å²) in [7, 11) is 0. The third-order valence-electron chi connectivity index (χ3n) is 5.60. The van der Waals surface area contributed by atoms with E-state index in [2.05, 4.69) is 10.6 Å². The van der Waals surface area contributed by atoms with Crippen molar-refractivity contribution in [1.29, 1.82) is 0 Å². The number of carbonyl (C=O) groups is 2. The van der Waals surface area contributed by atoms with Crippen molar-refractivity contribution in [3.63, 3.8) is 0 Å². The highest BCUT2D eigenvalue weighted by Crippen LogP contribution is 2.23. The Balaban J connectivity index is 1.67. The Kier molecular flexibility index (Phi) is 6.91. The van der Waals surface area contributed by atoms with E-state index in [9.17, 15) is 9.59 Å². The first-order chi connectivity index (χ1) is 14.0. The molecule has 1 atom stereocenters. The predicted octanol–water partition coefficient (Wildman–Crippen LogP) is 4.77. The van der Waals surface area contributed by atoms with Gasteiger partial charge >= 0.3 is 0 Å². The average Bonchev–Trinajstić information content (AvgIpc) is 2.72. The minimum absolute atomic E-state index is 0.143. The number of rotatable bonds is 6. The van der Waals surface area contributed by atoms with Gasteiger partial charge in [0.05, 0.1) is 11.3 Å². The molecule has 2 aromatic carbocycles. The topological polar surface area (TPSA) is 67.4 Å². The highest BCUT2D eigenvalue weighted by atomic mass is 16.5. The van der Waals surface area contributed by atoms with Crippen LogP contribution in [0.15, 0.2) is 42.5 Å². The van der Waals surface area contributed by atoms with E-state index in [0.717, 1.165) is 36.8 Å². The average molecular weight is 395 g/mol. The summed E-state index contributed by atoms with van der Waals surface area (Å²) in [5.74, 6) is 0.260. The number of ether oxygens (including phenoxy) is 1. The van der Waals surface area contributed by atoms with Crippen molar-refractivity contribution < 1.29 is 14.3 Å². The molecule has 29 heavy (non-hydrogen) atoms. The first-order valence-electron chi connectivity index (χ1n) is 10.4. The van der Waals surface area contributed by atoms with Gasteiger partial charge in [0.25, 0.3) is 11.8 Å². The summed E-state index contributed by atoms with van der Waals surface area (Å²) < 4.78 is 5.87. The molecule has 2 aromatic rings. The minimum Gasteiger partial charge on any atom is -0.481 e. The second-order valence-electron chi connectivity index (χ2n) is 7.80. The zero-order valence-corrected chi connectivity index (χ0v) is 17.5. The molecule has 1 unspecified atom stereocenters. The van der Waals surface area contributed by atoms with Crippen molar-refractivity contribution >= 4 is 17.5 Å². The molecule has 1 saturated carbocycles. The number of carbonyl (C=O) groups excluding carboxylic acids is 2. The van der Waals surface area contributed by atoms with Crippen LogP contribution in [0.5, 0.6) is 5.75 Å². The van der Waals surface area contributed by atoms with Crippen molar-refractivity contribution in [1.82, 2.24) is 5.32 Å². The fourth-order valence-corrected chi connectivity index (χ4v) is 3.63. The van der Waals surface area contributed by atoms with Gasteiger partial charge in [-0.1, -0.05) is 43.5 Å². The predicted molar refractivity (Wildman–Crippen MR) is 115 cm³/mol. The van der Waals surface area contributed by atoms with Gasteiger partial charge in [-0.15, -0.1) is 0 Å². The van der Waals surface area contributed by atoms with Gasteiger partial charge in [-0.3, -0.25) is 9.59 Å². The Hall–Kier alpha value is -2.82. The molecule has 0 radical (unpaired) electrons. The zero-order chi connectivity index (χ0) is 20.8. The van der Waals surface area contributed by atoms with E-state index < -0.39 is 6.10 Å². The first kappa shape index (κ1) is 20.9. The van der Waals surface area contributed by atoms with Crippen molar-refractivity contribution in [2.45, 2.75) is 65.0 Å². The molecule has 0 heterocycles. The fourth-order valence-electron chi connectivity index (χ4n) is 3.63. The third-order valence-corrected chi connectivity index (χ3v) is 5.60. The highest BCUT2D eigenvalue weighted by molar-refractivity contribution is 6.04. The standard InChI is InChI=1S/C24H30N2O3/c1-16-10-9-15-22(17(16)2)29-18(3)23(27)26-21-14-8-7-13-20(21)24(28)25-19-11-5-4-6-12-19/h7-10,13-15,18-19H,4-6,11-12H2,1-3H3,(H,25,28)(H,26,27). The van der Waals surface area contributed by atoms with E-state index in [0.29, 0.717) is 17.0 Å². The van der Waals surface area contributed by atoms with Gasteiger partial charge in [0.2, 0.25) is 0 Å². The van der Waals surface area contributed by atoms with E-state index in [1.165, 1.54) is 6.42 Å². The van der Waals surface area contributed by atoms with Crippen LogP contribution in [-0.4, -0.2) is 24.0 Å². The second-order valence-corrected chi connectivity index (χ2v) is 7.80. The van der Waals surface area contributed by atoms with E-state index in [-0.39, 0.29) is 17.9 Å². The summed E-state index contributed by atoms with van der Waals surface area (Å²) in [5, 5.41) is 5.97. The molecule has 0 aliphatic heterocycles. The Labute approximate surface area is 172 Å². The highest BCUT2D eigenvalue weighted by Gasteiger charge is 2.21. The second kappa shape index (κ2) is 9.59. The van der Waals surface area contributed by atoms with Crippen LogP contribution in [0.2, 0.25) is 0 Å². The Morgan fingerprint density at radius 2 is 1.72 bits per heavy atom. The molecule has 5 nitrogen and oxygen atoms in total.